The van der Waals surface area contributed by atoms with E-state index in [1.54, 1.807) is 0 Å². The Morgan fingerprint density at radius 2 is 2.15 bits per heavy atom. The molecule has 20 heavy (non-hydrogen) atoms. The molecule has 1 heterocycles. The first-order valence-corrected chi connectivity index (χ1v) is 7.61. The van der Waals surface area contributed by atoms with E-state index in [2.05, 4.69) is 31.5 Å². The van der Waals surface area contributed by atoms with Gasteiger partial charge in [0.15, 0.2) is 6.04 Å². The lowest BCUT2D eigenvalue weighted by Crippen LogP contribution is -3.06. The molecule has 1 aromatic rings. The maximum atomic E-state index is 12.5. The van der Waals surface area contributed by atoms with Crippen molar-refractivity contribution in [1.29, 1.82) is 0 Å². The minimum absolute atomic E-state index is 0.0123. The number of amides is 1. The van der Waals surface area contributed by atoms with E-state index in [9.17, 15) is 4.79 Å². The molecule has 4 nitrogen and oxygen atoms in total. The van der Waals surface area contributed by atoms with Gasteiger partial charge in [-0.2, -0.15) is 0 Å². The van der Waals surface area contributed by atoms with Gasteiger partial charge in [-0.15, -0.1) is 0 Å². The number of benzene rings is 1. The zero-order chi connectivity index (χ0) is 14.5. The Labute approximate surface area is 121 Å². The van der Waals surface area contributed by atoms with E-state index in [1.165, 1.54) is 10.5 Å². The molecule has 0 radical (unpaired) electrons. The van der Waals surface area contributed by atoms with E-state index >= 15 is 0 Å². The summed E-state index contributed by atoms with van der Waals surface area (Å²) in [5.74, 6) is 0.243. The predicted molar refractivity (Wildman–Crippen MR) is 81.0 cm³/mol. The number of para-hydroxylation sites is 1. The van der Waals surface area contributed by atoms with Gasteiger partial charge in [0.2, 0.25) is 0 Å². The van der Waals surface area contributed by atoms with Gasteiger partial charge in [0.25, 0.3) is 5.91 Å². The molecule has 2 rings (SSSR count). The molecule has 1 aliphatic heterocycles. The van der Waals surface area contributed by atoms with Crippen LogP contribution in [-0.4, -0.2) is 45.7 Å². The Bertz CT molecular complexity index is 459. The molecule has 0 saturated carbocycles. The third-order valence-electron chi connectivity index (χ3n) is 3.94. The van der Waals surface area contributed by atoms with Crippen molar-refractivity contribution in [2.75, 3.05) is 38.6 Å². The van der Waals surface area contributed by atoms with E-state index in [0.717, 1.165) is 38.2 Å². The van der Waals surface area contributed by atoms with Crippen LogP contribution in [0.5, 0.6) is 0 Å². The van der Waals surface area contributed by atoms with Crippen molar-refractivity contribution < 1.29 is 15.0 Å². The SMILES string of the molecule is C[C@@H]([NH2+]CCC[NH+](C)C)C(=O)N1CCc2ccccc21. The fraction of sp³-hybridized carbons (Fsp3) is 0.562. The number of nitrogens with one attached hydrogen (secondary N) is 1. The lowest BCUT2D eigenvalue weighted by Gasteiger charge is -2.20. The number of carbonyl (C=O) groups is 1. The van der Waals surface area contributed by atoms with Crippen LogP contribution in [0, 0.1) is 0 Å². The third-order valence-corrected chi connectivity index (χ3v) is 3.94. The van der Waals surface area contributed by atoms with Crippen LogP contribution in [0.3, 0.4) is 0 Å². The second-order valence-electron chi connectivity index (χ2n) is 5.99. The van der Waals surface area contributed by atoms with Crippen molar-refractivity contribution in [1.82, 2.24) is 0 Å². The number of carbonyl (C=O) groups excluding carboxylic acids is 1. The molecule has 1 amide bonds. The van der Waals surface area contributed by atoms with E-state index in [0.29, 0.717) is 0 Å². The summed E-state index contributed by atoms with van der Waals surface area (Å²) >= 11 is 0. The maximum absolute atomic E-state index is 12.5. The minimum Gasteiger partial charge on any atom is -0.340 e. The molecule has 4 heteroatoms. The number of anilines is 1. The fourth-order valence-corrected chi connectivity index (χ4v) is 2.74. The summed E-state index contributed by atoms with van der Waals surface area (Å²) in [4.78, 5) is 15.9. The zero-order valence-corrected chi connectivity index (χ0v) is 12.9. The van der Waals surface area contributed by atoms with Crippen molar-refractivity contribution in [3.63, 3.8) is 0 Å². The average Bonchev–Trinajstić information content (AvgIpc) is 2.86. The number of hydrogen-bond acceptors (Lipinski definition) is 1. The molecular formula is C16H27N3O+2. The van der Waals surface area contributed by atoms with Gasteiger partial charge in [-0.1, -0.05) is 18.2 Å². The van der Waals surface area contributed by atoms with Crippen molar-refractivity contribution in [3.05, 3.63) is 29.8 Å². The molecule has 0 aliphatic carbocycles. The van der Waals surface area contributed by atoms with E-state index in [4.69, 9.17) is 0 Å². The van der Waals surface area contributed by atoms with Gasteiger partial charge in [-0.3, -0.25) is 4.79 Å². The molecule has 0 unspecified atom stereocenters. The van der Waals surface area contributed by atoms with Crippen LogP contribution in [0.25, 0.3) is 0 Å². The summed E-state index contributed by atoms with van der Waals surface area (Å²) in [5.41, 5.74) is 2.40. The number of hydrogen-bond donors (Lipinski definition) is 2. The number of nitrogens with two attached hydrogens (primary N) is 1. The Balaban J connectivity index is 1.86. The molecule has 0 fully saturated rings. The summed E-state index contributed by atoms with van der Waals surface area (Å²) in [5, 5.41) is 2.17. The molecule has 3 N–H and O–H groups in total. The molecule has 0 aromatic heterocycles. The molecule has 1 aromatic carbocycles. The van der Waals surface area contributed by atoms with Crippen molar-refractivity contribution in [2.24, 2.45) is 0 Å². The van der Waals surface area contributed by atoms with Gasteiger partial charge in [0.1, 0.15) is 0 Å². The highest BCUT2D eigenvalue weighted by Crippen LogP contribution is 2.27. The normalized spacial score (nSPS) is 15.5. The summed E-state index contributed by atoms with van der Waals surface area (Å²) in [6.07, 6.45) is 2.13. The van der Waals surface area contributed by atoms with Crippen LogP contribution >= 0.6 is 0 Å². The standard InChI is InChI=1S/C16H25N3O/c1-13(17-10-6-11-18(2)3)16(20)19-12-9-14-7-4-5-8-15(14)19/h4-5,7-8,13,17H,6,9-12H2,1-3H3/p+2/t13-/m1/s1. The van der Waals surface area contributed by atoms with Crippen molar-refractivity contribution >= 4 is 11.6 Å². The highest BCUT2D eigenvalue weighted by Gasteiger charge is 2.29. The molecule has 0 saturated heterocycles. The number of rotatable bonds is 6. The van der Waals surface area contributed by atoms with Gasteiger partial charge in [-0.25, -0.2) is 0 Å². The summed E-state index contributed by atoms with van der Waals surface area (Å²) in [6, 6.07) is 8.25. The Morgan fingerprint density at radius 3 is 2.90 bits per heavy atom. The van der Waals surface area contributed by atoms with Crippen molar-refractivity contribution in [3.8, 4) is 0 Å². The van der Waals surface area contributed by atoms with Gasteiger partial charge < -0.3 is 15.1 Å². The molecule has 0 bridgehead atoms. The van der Waals surface area contributed by atoms with E-state index < -0.39 is 0 Å². The topological polar surface area (TPSA) is 41.4 Å². The van der Waals surface area contributed by atoms with Gasteiger partial charge in [0, 0.05) is 18.7 Å². The smallest absolute Gasteiger partial charge is 0.284 e. The second-order valence-corrected chi connectivity index (χ2v) is 5.99. The highest BCUT2D eigenvalue weighted by molar-refractivity contribution is 5.97. The average molecular weight is 277 g/mol. The van der Waals surface area contributed by atoms with E-state index in [-0.39, 0.29) is 11.9 Å². The van der Waals surface area contributed by atoms with Gasteiger partial charge in [-0.05, 0) is 25.0 Å². The lowest BCUT2D eigenvalue weighted by atomic mass is 10.2. The van der Waals surface area contributed by atoms with Crippen molar-refractivity contribution in [2.45, 2.75) is 25.8 Å². The summed E-state index contributed by atoms with van der Waals surface area (Å²) < 4.78 is 0. The minimum atomic E-state index is 0.0123. The van der Waals surface area contributed by atoms with Crippen LogP contribution in [0.4, 0.5) is 5.69 Å². The Morgan fingerprint density at radius 1 is 1.40 bits per heavy atom. The highest BCUT2D eigenvalue weighted by atomic mass is 16.2. The molecule has 1 atom stereocenters. The maximum Gasteiger partial charge on any atom is 0.284 e. The van der Waals surface area contributed by atoms with Crippen LogP contribution in [-0.2, 0) is 11.2 Å². The first-order valence-electron chi connectivity index (χ1n) is 7.61. The molecule has 1 aliphatic rings. The third kappa shape index (κ3) is 3.58. The van der Waals surface area contributed by atoms with Crippen LogP contribution < -0.4 is 15.1 Å². The molecular weight excluding hydrogens is 250 g/mol. The van der Waals surface area contributed by atoms with Gasteiger partial charge in [0.05, 0.1) is 27.2 Å². The number of fused-ring (bicyclic) bond motifs is 1. The lowest BCUT2D eigenvalue weighted by molar-refractivity contribution is -0.860. The predicted octanol–water partition coefficient (Wildman–Crippen LogP) is -0.938. The fourth-order valence-electron chi connectivity index (χ4n) is 2.74. The van der Waals surface area contributed by atoms with Gasteiger partial charge >= 0.3 is 0 Å². The quantitative estimate of drug-likeness (QED) is 0.648. The first kappa shape index (κ1) is 15.0. The molecule has 0 spiro atoms. The van der Waals surface area contributed by atoms with Crippen LogP contribution in [0.1, 0.15) is 18.9 Å². The zero-order valence-electron chi connectivity index (χ0n) is 12.9. The molecule has 110 valence electrons. The summed E-state index contributed by atoms with van der Waals surface area (Å²) in [6.45, 7) is 5.03. The van der Waals surface area contributed by atoms with E-state index in [1.807, 2.05) is 24.0 Å². The largest absolute Gasteiger partial charge is 0.340 e. The van der Waals surface area contributed by atoms with Crippen LogP contribution in [0.2, 0.25) is 0 Å². The number of quaternary nitrogens is 2. The van der Waals surface area contributed by atoms with Crippen LogP contribution in [0.15, 0.2) is 24.3 Å². The number of nitrogens with zero attached hydrogens (tertiary/aromatic N) is 1. The summed E-state index contributed by atoms with van der Waals surface area (Å²) in [7, 11) is 4.32. The second kappa shape index (κ2) is 6.86. The first-order chi connectivity index (χ1) is 9.59. The Kier molecular flexibility index (Phi) is 5.15. The monoisotopic (exact) mass is 277 g/mol. The Hall–Kier alpha value is -1.39.